The lowest BCUT2D eigenvalue weighted by atomic mass is 10.0. The number of ether oxygens (including phenoxy) is 3. The molecule has 0 radical (unpaired) electrons. The predicted octanol–water partition coefficient (Wildman–Crippen LogP) is 19.7. The number of hydrogen-bond acceptors (Lipinski definition) is 6. The Hall–Kier alpha value is -3.67. The van der Waals surface area contributed by atoms with Crippen molar-refractivity contribution >= 4 is 17.9 Å². The minimum Gasteiger partial charge on any atom is -0.462 e. The van der Waals surface area contributed by atoms with Crippen molar-refractivity contribution in [1.29, 1.82) is 0 Å². The molecule has 0 saturated carbocycles. The van der Waals surface area contributed by atoms with Crippen molar-refractivity contribution in [3.8, 4) is 0 Å². The molecule has 6 nitrogen and oxygen atoms in total. The minimum atomic E-state index is -0.794. The number of carbonyl (C=O) groups excluding carboxylic acids is 3. The van der Waals surface area contributed by atoms with Crippen LogP contribution < -0.4 is 0 Å². The van der Waals surface area contributed by atoms with Crippen LogP contribution in [0, 0.1) is 0 Å². The van der Waals surface area contributed by atoms with Gasteiger partial charge in [0.05, 0.1) is 0 Å². The van der Waals surface area contributed by atoms with Crippen LogP contribution in [0.2, 0.25) is 0 Å². The van der Waals surface area contributed by atoms with Crippen LogP contribution in [0.5, 0.6) is 0 Å². The smallest absolute Gasteiger partial charge is 0.306 e. The number of allylic oxidation sites excluding steroid dienone is 16. The Morgan fingerprint density at radius 1 is 0.300 bits per heavy atom. The van der Waals surface area contributed by atoms with Crippen LogP contribution in [0.15, 0.2) is 97.2 Å². The van der Waals surface area contributed by atoms with Gasteiger partial charge in [-0.1, -0.05) is 253 Å². The molecule has 0 fully saturated rings. The highest BCUT2D eigenvalue weighted by atomic mass is 16.6. The van der Waals surface area contributed by atoms with E-state index in [1.807, 2.05) is 0 Å². The molecule has 6 heteroatoms. The van der Waals surface area contributed by atoms with Crippen molar-refractivity contribution in [2.24, 2.45) is 0 Å². The van der Waals surface area contributed by atoms with Crippen molar-refractivity contribution in [2.75, 3.05) is 13.2 Å². The second-order valence-corrected chi connectivity index (χ2v) is 19.1. The van der Waals surface area contributed by atoms with Gasteiger partial charge in [0.15, 0.2) is 6.10 Å². The van der Waals surface area contributed by atoms with Crippen molar-refractivity contribution in [3.63, 3.8) is 0 Å². The van der Waals surface area contributed by atoms with Crippen molar-refractivity contribution in [3.05, 3.63) is 97.2 Å². The zero-order valence-corrected chi connectivity index (χ0v) is 45.8. The highest BCUT2D eigenvalue weighted by molar-refractivity contribution is 5.71. The molecule has 0 spiro atoms. The Bertz CT molecular complexity index is 1400. The highest BCUT2D eigenvalue weighted by Crippen LogP contribution is 2.16. The number of esters is 3. The second kappa shape index (κ2) is 57.9. The summed E-state index contributed by atoms with van der Waals surface area (Å²) in [4.78, 5) is 38.2. The fourth-order valence-corrected chi connectivity index (χ4v) is 8.01. The molecule has 70 heavy (non-hydrogen) atoms. The Labute approximate surface area is 432 Å². The Morgan fingerprint density at radius 2 is 0.557 bits per heavy atom. The van der Waals surface area contributed by atoms with E-state index in [1.54, 1.807) is 0 Å². The molecule has 0 aromatic carbocycles. The molecule has 0 heterocycles. The van der Waals surface area contributed by atoms with Crippen LogP contribution in [-0.2, 0) is 28.6 Å². The van der Waals surface area contributed by atoms with Gasteiger partial charge in [-0.2, -0.15) is 0 Å². The third-order valence-electron chi connectivity index (χ3n) is 12.3. The summed E-state index contributed by atoms with van der Waals surface area (Å²) in [5.41, 5.74) is 0. The third kappa shape index (κ3) is 55.3. The van der Waals surface area contributed by atoms with Crippen LogP contribution in [-0.4, -0.2) is 37.2 Å². The lowest BCUT2D eigenvalue weighted by molar-refractivity contribution is -0.167. The van der Waals surface area contributed by atoms with E-state index in [0.29, 0.717) is 19.3 Å². The van der Waals surface area contributed by atoms with Gasteiger partial charge >= 0.3 is 17.9 Å². The van der Waals surface area contributed by atoms with Crippen LogP contribution in [0.4, 0.5) is 0 Å². The maximum absolute atomic E-state index is 12.9. The topological polar surface area (TPSA) is 78.9 Å². The molecular weight excluding hydrogens is 865 g/mol. The van der Waals surface area contributed by atoms with Crippen molar-refractivity contribution in [1.82, 2.24) is 0 Å². The van der Waals surface area contributed by atoms with Gasteiger partial charge in [0.25, 0.3) is 0 Å². The third-order valence-corrected chi connectivity index (χ3v) is 12.3. The molecule has 0 aliphatic carbocycles. The van der Waals surface area contributed by atoms with E-state index in [2.05, 4.69) is 118 Å². The standard InChI is InChI=1S/C64H108O6/c1-4-7-10-13-16-19-22-25-28-30-32-34-36-39-42-45-48-51-54-57-63(66)69-60-61(59-68-62(65)56-53-50-47-44-41-38-27-24-21-18-15-12-9-6-3)70-64(67)58-55-52-49-46-43-40-37-35-33-31-29-26-23-20-17-14-11-8-5-2/h7-8,10-11,16-17,19-20,25-26,28-29,32,34,39,42,61H,4-6,9,12-15,18,21-24,27,30-31,33,35-38,40-41,43-60H2,1-3H3/b10-7-,11-8-,19-16-,20-17-,28-25-,29-26-,34-32-,42-39-. The molecular formula is C64H108O6. The largest absolute Gasteiger partial charge is 0.462 e. The lowest BCUT2D eigenvalue weighted by Gasteiger charge is -2.18. The molecule has 0 aliphatic rings. The molecule has 1 unspecified atom stereocenters. The highest BCUT2D eigenvalue weighted by Gasteiger charge is 2.19. The normalized spacial score (nSPS) is 12.8. The van der Waals surface area contributed by atoms with Gasteiger partial charge in [0, 0.05) is 19.3 Å². The fraction of sp³-hybridized carbons (Fsp3) is 0.703. The zero-order valence-electron chi connectivity index (χ0n) is 45.8. The van der Waals surface area contributed by atoms with E-state index in [-0.39, 0.29) is 31.1 Å². The van der Waals surface area contributed by atoms with Crippen molar-refractivity contribution < 1.29 is 28.6 Å². The summed E-state index contributed by atoms with van der Waals surface area (Å²) in [6.45, 7) is 6.40. The zero-order chi connectivity index (χ0) is 50.7. The molecule has 0 rings (SSSR count). The van der Waals surface area contributed by atoms with Crippen LogP contribution >= 0.6 is 0 Å². The maximum atomic E-state index is 12.9. The molecule has 400 valence electrons. The minimum absolute atomic E-state index is 0.0888. The first-order valence-corrected chi connectivity index (χ1v) is 29.2. The molecule has 0 N–H and O–H groups in total. The number of unbranched alkanes of at least 4 members (excludes halogenated alkanes) is 25. The SMILES string of the molecule is CC/C=C\C/C=C\C/C=C\C/C=C\C/C=C\CCCCCC(=O)OCC(COC(=O)CCCCCCCCCCCCCCCC)OC(=O)CCCCCCCCCCC/C=C\C/C=C\C/C=C\CC. The molecule has 0 saturated heterocycles. The molecule has 0 aromatic heterocycles. The lowest BCUT2D eigenvalue weighted by Crippen LogP contribution is -2.30. The van der Waals surface area contributed by atoms with Gasteiger partial charge in [0.2, 0.25) is 0 Å². The molecule has 0 amide bonds. The summed E-state index contributed by atoms with van der Waals surface area (Å²) >= 11 is 0. The van der Waals surface area contributed by atoms with Gasteiger partial charge in [-0.15, -0.1) is 0 Å². The van der Waals surface area contributed by atoms with E-state index < -0.39 is 6.10 Å². The van der Waals surface area contributed by atoms with E-state index in [1.165, 1.54) is 116 Å². The summed E-state index contributed by atoms with van der Waals surface area (Å²) in [5, 5.41) is 0. The van der Waals surface area contributed by atoms with Crippen LogP contribution in [0.25, 0.3) is 0 Å². The fourth-order valence-electron chi connectivity index (χ4n) is 8.01. The average molecular weight is 974 g/mol. The molecule has 0 aromatic rings. The molecule has 1 atom stereocenters. The summed E-state index contributed by atoms with van der Waals surface area (Å²) < 4.78 is 16.9. The van der Waals surface area contributed by atoms with E-state index in [0.717, 1.165) is 116 Å². The number of carbonyl (C=O) groups is 3. The first-order valence-electron chi connectivity index (χ1n) is 29.2. The number of hydrogen-bond donors (Lipinski definition) is 0. The van der Waals surface area contributed by atoms with Crippen LogP contribution in [0.1, 0.15) is 271 Å². The summed E-state index contributed by atoms with van der Waals surface area (Å²) in [6, 6.07) is 0. The average Bonchev–Trinajstić information content (AvgIpc) is 3.36. The maximum Gasteiger partial charge on any atom is 0.306 e. The van der Waals surface area contributed by atoms with E-state index in [9.17, 15) is 14.4 Å². The number of rotatable bonds is 52. The van der Waals surface area contributed by atoms with Gasteiger partial charge < -0.3 is 14.2 Å². The Kier molecular flexibility index (Phi) is 54.9. The van der Waals surface area contributed by atoms with Gasteiger partial charge in [-0.3, -0.25) is 14.4 Å². The summed E-state index contributed by atoms with van der Waals surface area (Å²) in [6.07, 6.45) is 76.8. The Balaban J connectivity index is 4.44. The quantitative estimate of drug-likeness (QED) is 0.0262. The van der Waals surface area contributed by atoms with Gasteiger partial charge in [-0.05, 0) is 96.3 Å². The van der Waals surface area contributed by atoms with Crippen LogP contribution in [0.3, 0.4) is 0 Å². The monoisotopic (exact) mass is 973 g/mol. The first kappa shape index (κ1) is 66.3. The Morgan fingerprint density at radius 3 is 0.886 bits per heavy atom. The molecule has 0 aliphatic heterocycles. The summed E-state index contributed by atoms with van der Waals surface area (Å²) in [7, 11) is 0. The predicted molar refractivity (Wildman–Crippen MR) is 302 cm³/mol. The molecule has 0 bridgehead atoms. The summed E-state index contributed by atoms with van der Waals surface area (Å²) in [5.74, 6) is -0.921. The van der Waals surface area contributed by atoms with Crippen molar-refractivity contribution in [2.45, 2.75) is 277 Å². The van der Waals surface area contributed by atoms with Gasteiger partial charge in [-0.25, -0.2) is 0 Å². The van der Waals surface area contributed by atoms with Gasteiger partial charge in [0.1, 0.15) is 13.2 Å². The van der Waals surface area contributed by atoms with E-state index >= 15 is 0 Å². The second-order valence-electron chi connectivity index (χ2n) is 19.1. The first-order chi connectivity index (χ1) is 34.5. The van der Waals surface area contributed by atoms with E-state index in [4.69, 9.17) is 14.2 Å².